The van der Waals surface area contributed by atoms with Crippen molar-refractivity contribution < 1.29 is 21.1 Å². The average molecular weight is 870 g/mol. The number of fused-ring (bicyclic) bond motifs is 4. The SMILES string of the molecule is Cc1cccc(C)c1-c1ccnc(-n2c3[c-]c([Si](C)(C)c4[c-]c(N5CN(c6ccccc6)c6ccccc65)ccc4)ccc3c3ccccc32)c1.[Pt+2]. The van der Waals surface area contributed by atoms with Gasteiger partial charge < -0.3 is 14.4 Å². The maximum atomic E-state index is 4.96. The molecule has 0 saturated carbocycles. The monoisotopic (exact) mass is 869 g/mol. The van der Waals surface area contributed by atoms with Crippen LogP contribution in [-0.4, -0.2) is 24.3 Å². The van der Waals surface area contributed by atoms with E-state index in [0.29, 0.717) is 0 Å². The van der Waals surface area contributed by atoms with Gasteiger partial charge in [0.1, 0.15) is 5.82 Å². The third-order valence-electron chi connectivity index (χ3n) is 10.6. The first-order valence-corrected chi connectivity index (χ1v) is 20.6. The van der Waals surface area contributed by atoms with Crippen molar-refractivity contribution in [3.05, 3.63) is 169 Å². The van der Waals surface area contributed by atoms with E-state index < -0.39 is 8.07 Å². The molecule has 0 N–H and O–H groups in total. The molecule has 3 heterocycles. The van der Waals surface area contributed by atoms with Crippen molar-refractivity contribution >= 4 is 63.0 Å². The van der Waals surface area contributed by atoms with Crippen LogP contribution in [0.5, 0.6) is 0 Å². The third kappa shape index (κ3) is 5.60. The number of nitrogens with zero attached hydrogens (tertiary/aromatic N) is 4. The van der Waals surface area contributed by atoms with Gasteiger partial charge in [-0.05, 0) is 84.0 Å². The Morgan fingerprint density at radius 2 is 1.29 bits per heavy atom. The molecule has 52 heavy (non-hydrogen) atoms. The third-order valence-corrected chi connectivity index (χ3v) is 13.8. The first-order valence-electron chi connectivity index (χ1n) is 17.6. The molecule has 0 radical (unpaired) electrons. The molecular weight excluding hydrogens is 832 g/mol. The predicted octanol–water partition coefficient (Wildman–Crippen LogP) is 10.1. The Labute approximate surface area is 321 Å². The second-order valence-electron chi connectivity index (χ2n) is 14.1. The maximum Gasteiger partial charge on any atom is 2.00 e. The molecule has 0 atom stereocenters. The first-order chi connectivity index (χ1) is 24.9. The average Bonchev–Trinajstić information content (AvgIpc) is 3.72. The van der Waals surface area contributed by atoms with Crippen molar-refractivity contribution in [1.82, 2.24) is 9.55 Å². The van der Waals surface area contributed by atoms with Crippen LogP contribution < -0.4 is 20.2 Å². The van der Waals surface area contributed by atoms with Crippen molar-refractivity contribution in [3.63, 3.8) is 0 Å². The molecule has 256 valence electrons. The Kier molecular flexibility index (Phi) is 8.73. The van der Waals surface area contributed by atoms with Gasteiger partial charge in [0.15, 0.2) is 0 Å². The maximum absolute atomic E-state index is 4.96. The van der Waals surface area contributed by atoms with Gasteiger partial charge in [0.2, 0.25) is 0 Å². The summed E-state index contributed by atoms with van der Waals surface area (Å²) >= 11 is 0. The second kappa shape index (κ2) is 13.4. The summed E-state index contributed by atoms with van der Waals surface area (Å²) in [5.41, 5.74) is 11.8. The standard InChI is InChI=1S/C46H38N4Si.Pt/c1-32-14-12-15-33(2)46(32)34-26-27-47-45(28-34)50-41-21-9-8-20-39(41)40-25-24-38(30-44(40)50)51(3,4)37-19-13-18-36(29-37)49-31-48(35-16-6-5-7-17-35)42-22-10-11-23-43(42)49;/h5-28H,31H2,1-4H3;/q-2;+2. The number of aryl methyl sites for hydroxylation is 2. The number of hydrogen-bond donors (Lipinski definition) is 0. The van der Waals surface area contributed by atoms with E-state index >= 15 is 0 Å². The van der Waals surface area contributed by atoms with E-state index in [0.717, 1.165) is 29.2 Å². The molecule has 0 fully saturated rings. The van der Waals surface area contributed by atoms with Crippen LogP contribution in [0.1, 0.15) is 11.1 Å². The molecule has 6 heteroatoms. The summed E-state index contributed by atoms with van der Waals surface area (Å²) < 4.78 is 2.30. The second-order valence-corrected chi connectivity index (χ2v) is 18.4. The molecular formula is C46H38N4PtSi. The van der Waals surface area contributed by atoms with Crippen LogP contribution in [0.15, 0.2) is 146 Å². The van der Waals surface area contributed by atoms with Crippen LogP contribution in [0.3, 0.4) is 0 Å². The smallest absolute Gasteiger partial charge is 0.345 e. The van der Waals surface area contributed by atoms with Gasteiger partial charge in [-0.15, -0.1) is 11.5 Å². The van der Waals surface area contributed by atoms with Crippen molar-refractivity contribution in [2.45, 2.75) is 26.9 Å². The summed E-state index contributed by atoms with van der Waals surface area (Å²) in [5, 5.41) is 4.89. The van der Waals surface area contributed by atoms with Crippen molar-refractivity contribution in [2.75, 3.05) is 16.5 Å². The number of pyridine rings is 1. The van der Waals surface area contributed by atoms with E-state index in [-0.39, 0.29) is 21.1 Å². The van der Waals surface area contributed by atoms with E-state index in [1.165, 1.54) is 60.5 Å². The number of hydrogen-bond acceptors (Lipinski definition) is 3. The first kappa shape index (κ1) is 33.9. The van der Waals surface area contributed by atoms with Crippen LogP contribution >= 0.6 is 0 Å². The van der Waals surface area contributed by atoms with E-state index in [1.54, 1.807) is 0 Å². The predicted molar refractivity (Wildman–Crippen MR) is 216 cm³/mol. The number of para-hydroxylation sites is 4. The van der Waals surface area contributed by atoms with Crippen molar-refractivity contribution in [3.8, 4) is 16.9 Å². The molecule has 0 bridgehead atoms. The number of rotatable bonds is 6. The Balaban J connectivity index is 0.00000387. The molecule has 8 aromatic rings. The molecule has 9 rings (SSSR count). The summed E-state index contributed by atoms with van der Waals surface area (Å²) in [4.78, 5) is 9.72. The fraction of sp³-hybridized carbons (Fsp3) is 0.109. The summed E-state index contributed by atoms with van der Waals surface area (Å²) in [6.45, 7) is 9.94. The van der Waals surface area contributed by atoms with Gasteiger partial charge in [0, 0.05) is 17.4 Å². The minimum atomic E-state index is -2.26. The van der Waals surface area contributed by atoms with Gasteiger partial charge in [0.25, 0.3) is 0 Å². The van der Waals surface area contributed by atoms with E-state index in [2.05, 4.69) is 193 Å². The van der Waals surface area contributed by atoms with Gasteiger partial charge in [0.05, 0.1) is 26.1 Å². The van der Waals surface area contributed by atoms with Gasteiger partial charge in [-0.3, -0.25) is 0 Å². The molecule has 1 aliphatic heterocycles. The zero-order valence-electron chi connectivity index (χ0n) is 29.7. The topological polar surface area (TPSA) is 24.3 Å². The molecule has 4 nitrogen and oxygen atoms in total. The minimum Gasteiger partial charge on any atom is -0.345 e. The molecule has 0 saturated heterocycles. The number of anilines is 4. The Hall–Kier alpha value is -5.22. The van der Waals surface area contributed by atoms with Crippen LogP contribution in [0.2, 0.25) is 13.1 Å². The zero-order valence-corrected chi connectivity index (χ0v) is 32.9. The number of benzene rings is 6. The largest absolute Gasteiger partial charge is 2.00 e. The Morgan fingerprint density at radius 1 is 0.615 bits per heavy atom. The summed E-state index contributed by atoms with van der Waals surface area (Å²) in [5.74, 6) is 0.901. The van der Waals surface area contributed by atoms with Gasteiger partial charge >= 0.3 is 21.1 Å². The Morgan fingerprint density at radius 3 is 2.08 bits per heavy atom. The molecule has 6 aromatic carbocycles. The molecule has 0 unspecified atom stereocenters. The molecule has 0 amide bonds. The molecule has 1 aliphatic rings. The Bertz CT molecular complexity index is 2570. The van der Waals surface area contributed by atoms with Crippen LogP contribution in [0, 0.1) is 26.0 Å². The van der Waals surface area contributed by atoms with Crippen molar-refractivity contribution in [2.24, 2.45) is 0 Å². The molecule has 0 aliphatic carbocycles. The van der Waals surface area contributed by atoms with Crippen LogP contribution in [-0.2, 0) is 21.1 Å². The van der Waals surface area contributed by atoms with Gasteiger partial charge in [-0.2, -0.15) is 46.8 Å². The van der Waals surface area contributed by atoms with Gasteiger partial charge in [-0.1, -0.05) is 91.0 Å². The van der Waals surface area contributed by atoms with E-state index in [4.69, 9.17) is 4.98 Å². The van der Waals surface area contributed by atoms with Crippen LogP contribution in [0.4, 0.5) is 22.7 Å². The quantitative estimate of drug-likeness (QED) is 0.123. The zero-order chi connectivity index (χ0) is 34.7. The normalized spacial score (nSPS) is 12.7. The fourth-order valence-corrected chi connectivity index (χ4v) is 10.0. The fourth-order valence-electron chi connectivity index (χ4n) is 7.83. The van der Waals surface area contributed by atoms with E-state index in [9.17, 15) is 0 Å². The van der Waals surface area contributed by atoms with E-state index in [1.807, 2.05) is 6.20 Å². The molecule has 2 aromatic heterocycles. The summed E-state index contributed by atoms with van der Waals surface area (Å²) in [6, 6.07) is 57.9. The van der Waals surface area contributed by atoms with Gasteiger partial charge in [-0.25, -0.2) is 4.98 Å². The minimum absolute atomic E-state index is 0. The summed E-state index contributed by atoms with van der Waals surface area (Å²) in [7, 11) is -2.26. The number of aromatic nitrogens is 2. The molecule has 0 spiro atoms. The summed E-state index contributed by atoms with van der Waals surface area (Å²) in [6.07, 6.45) is 1.94. The van der Waals surface area contributed by atoms with Crippen molar-refractivity contribution in [1.29, 1.82) is 0 Å². The van der Waals surface area contributed by atoms with Crippen LogP contribution in [0.25, 0.3) is 38.8 Å².